The van der Waals surface area contributed by atoms with Crippen molar-refractivity contribution in [3.05, 3.63) is 44.8 Å². The van der Waals surface area contributed by atoms with Gasteiger partial charge in [0.1, 0.15) is 0 Å². The van der Waals surface area contributed by atoms with Gasteiger partial charge in [-0.3, -0.25) is 9.78 Å². The maximum absolute atomic E-state index is 11.2. The fourth-order valence-corrected chi connectivity index (χ4v) is 1.09. The fourth-order valence-electron chi connectivity index (χ4n) is 1.09. The Morgan fingerprint density at radius 1 is 1.53 bits per heavy atom. The van der Waals surface area contributed by atoms with Crippen molar-refractivity contribution < 1.29 is 0 Å². The molecule has 0 spiro atoms. The molecule has 0 amide bonds. The van der Waals surface area contributed by atoms with Crippen molar-refractivity contribution in [1.29, 1.82) is 0 Å². The highest BCUT2D eigenvalue weighted by molar-refractivity contribution is 5.02. The van der Waals surface area contributed by atoms with Crippen LogP contribution >= 0.6 is 0 Å². The van der Waals surface area contributed by atoms with Gasteiger partial charge < -0.3 is 10.3 Å². The molecule has 1 aromatic heterocycles. The van der Waals surface area contributed by atoms with E-state index in [1.165, 1.54) is 6.20 Å². The Balaban J connectivity index is 2.48. The van der Waals surface area contributed by atoms with Gasteiger partial charge in [-0.05, 0) is 19.9 Å². The SMILES string of the molecule is C=C(C)CCNCc1c[nH]c(=O)[nH]c1=O. The minimum atomic E-state index is -0.481. The predicted octanol–water partition coefficient (Wildman–Crippen LogP) is 0.119. The molecule has 0 fully saturated rings. The lowest BCUT2D eigenvalue weighted by Crippen LogP contribution is -2.28. The summed E-state index contributed by atoms with van der Waals surface area (Å²) < 4.78 is 0. The molecule has 1 aromatic rings. The van der Waals surface area contributed by atoms with E-state index in [0.29, 0.717) is 12.1 Å². The van der Waals surface area contributed by atoms with E-state index in [4.69, 9.17) is 0 Å². The van der Waals surface area contributed by atoms with E-state index in [1.54, 1.807) is 0 Å². The fraction of sp³-hybridized carbons (Fsp3) is 0.400. The van der Waals surface area contributed by atoms with Gasteiger partial charge in [0, 0.05) is 18.3 Å². The van der Waals surface area contributed by atoms with Crippen molar-refractivity contribution in [2.75, 3.05) is 6.54 Å². The number of H-pyrrole nitrogens is 2. The van der Waals surface area contributed by atoms with Crippen molar-refractivity contribution in [2.45, 2.75) is 19.9 Å². The van der Waals surface area contributed by atoms with Gasteiger partial charge in [-0.1, -0.05) is 5.57 Å². The zero-order valence-corrected chi connectivity index (χ0v) is 8.72. The Morgan fingerprint density at radius 3 is 2.87 bits per heavy atom. The molecule has 0 aliphatic rings. The van der Waals surface area contributed by atoms with Crippen molar-refractivity contribution in [1.82, 2.24) is 15.3 Å². The van der Waals surface area contributed by atoms with E-state index in [0.717, 1.165) is 18.5 Å². The lowest BCUT2D eigenvalue weighted by Gasteiger charge is -2.03. The number of rotatable bonds is 5. The smallest absolute Gasteiger partial charge is 0.314 e. The van der Waals surface area contributed by atoms with Crippen LogP contribution in [0.1, 0.15) is 18.9 Å². The first-order valence-corrected chi connectivity index (χ1v) is 4.75. The molecule has 5 nitrogen and oxygen atoms in total. The van der Waals surface area contributed by atoms with Crippen molar-refractivity contribution in [3.8, 4) is 0 Å². The molecular formula is C10H15N3O2. The Morgan fingerprint density at radius 2 is 2.27 bits per heavy atom. The molecular weight excluding hydrogens is 194 g/mol. The van der Waals surface area contributed by atoms with Gasteiger partial charge in [-0.15, -0.1) is 6.58 Å². The van der Waals surface area contributed by atoms with Gasteiger partial charge in [0.05, 0.1) is 0 Å². The van der Waals surface area contributed by atoms with Gasteiger partial charge in [0.25, 0.3) is 5.56 Å². The molecule has 0 bridgehead atoms. The first-order valence-electron chi connectivity index (χ1n) is 4.75. The minimum Gasteiger partial charge on any atom is -0.314 e. The van der Waals surface area contributed by atoms with Crippen LogP contribution in [-0.4, -0.2) is 16.5 Å². The summed E-state index contributed by atoms with van der Waals surface area (Å²) >= 11 is 0. The van der Waals surface area contributed by atoms with E-state index < -0.39 is 5.69 Å². The molecule has 1 heterocycles. The molecule has 0 unspecified atom stereocenters. The molecule has 15 heavy (non-hydrogen) atoms. The highest BCUT2D eigenvalue weighted by Crippen LogP contribution is 1.92. The van der Waals surface area contributed by atoms with Gasteiger partial charge >= 0.3 is 5.69 Å². The van der Waals surface area contributed by atoms with Crippen LogP contribution in [0.25, 0.3) is 0 Å². The third-order valence-corrected chi connectivity index (χ3v) is 1.94. The average Bonchev–Trinajstić information content (AvgIpc) is 2.14. The summed E-state index contributed by atoms with van der Waals surface area (Å²) in [4.78, 5) is 26.5. The monoisotopic (exact) mass is 209 g/mol. The van der Waals surface area contributed by atoms with Gasteiger partial charge in [-0.2, -0.15) is 0 Å². The number of aromatic amines is 2. The van der Waals surface area contributed by atoms with E-state index in [-0.39, 0.29) is 5.56 Å². The van der Waals surface area contributed by atoms with Gasteiger partial charge in [0.15, 0.2) is 0 Å². The molecule has 0 saturated carbocycles. The third kappa shape index (κ3) is 3.95. The van der Waals surface area contributed by atoms with Crippen LogP contribution in [0.15, 0.2) is 27.9 Å². The Bertz CT molecular complexity index is 444. The summed E-state index contributed by atoms with van der Waals surface area (Å²) in [5, 5.41) is 3.09. The van der Waals surface area contributed by atoms with Crippen LogP contribution in [0.5, 0.6) is 0 Å². The third-order valence-electron chi connectivity index (χ3n) is 1.94. The first kappa shape index (κ1) is 11.5. The topological polar surface area (TPSA) is 77.8 Å². The quantitative estimate of drug-likeness (QED) is 0.476. The van der Waals surface area contributed by atoms with Crippen LogP contribution in [0, 0.1) is 0 Å². The maximum Gasteiger partial charge on any atom is 0.325 e. The van der Waals surface area contributed by atoms with Crippen molar-refractivity contribution in [2.24, 2.45) is 0 Å². The second kappa shape index (κ2) is 5.31. The standard InChI is InChI=1S/C10H15N3O2/c1-7(2)3-4-11-5-8-6-12-10(15)13-9(8)14/h6,11H,1,3-5H2,2H3,(H2,12,13,14,15). The number of aromatic nitrogens is 2. The lowest BCUT2D eigenvalue weighted by molar-refractivity contribution is 0.676. The number of hydrogen-bond acceptors (Lipinski definition) is 3. The molecule has 3 N–H and O–H groups in total. The molecule has 0 aromatic carbocycles. The molecule has 0 aliphatic heterocycles. The largest absolute Gasteiger partial charge is 0.325 e. The van der Waals surface area contributed by atoms with Crippen LogP contribution in [0.4, 0.5) is 0 Å². The predicted molar refractivity (Wildman–Crippen MR) is 58.8 cm³/mol. The maximum atomic E-state index is 11.2. The zero-order chi connectivity index (χ0) is 11.3. The summed E-state index contributed by atoms with van der Waals surface area (Å²) in [6.07, 6.45) is 2.30. The minimum absolute atomic E-state index is 0.346. The van der Waals surface area contributed by atoms with Crippen LogP contribution in [-0.2, 0) is 6.54 Å². The highest BCUT2D eigenvalue weighted by Gasteiger charge is 1.98. The summed E-state index contributed by atoms with van der Waals surface area (Å²) in [6, 6.07) is 0. The average molecular weight is 209 g/mol. The van der Waals surface area contributed by atoms with Crippen LogP contribution in [0.2, 0.25) is 0 Å². The normalized spacial score (nSPS) is 10.2. The van der Waals surface area contributed by atoms with E-state index >= 15 is 0 Å². The van der Waals surface area contributed by atoms with Crippen LogP contribution < -0.4 is 16.6 Å². The Hall–Kier alpha value is -1.62. The van der Waals surface area contributed by atoms with Gasteiger partial charge in [-0.25, -0.2) is 4.79 Å². The molecule has 0 atom stereocenters. The van der Waals surface area contributed by atoms with E-state index in [2.05, 4.69) is 21.9 Å². The molecule has 0 radical (unpaired) electrons. The van der Waals surface area contributed by atoms with E-state index in [9.17, 15) is 9.59 Å². The summed E-state index contributed by atoms with van der Waals surface area (Å²) in [5.74, 6) is 0. The lowest BCUT2D eigenvalue weighted by atomic mass is 10.2. The first-order chi connectivity index (χ1) is 7.09. The van der Waals surface area contributed by atoms with Crippen molar-refractivity contribution in [3.63, 3.8) is 0 Å². The molecule has 5 heteroatoms. The molecule has 0 saturated heterocycles. The molecule has 82 valence electrons. The van der Waals surface area contributed by atoms with E-state index in [1.807, 2.05) is 6.92 Å². The molecule has 0 aliphatic carbocycles. The van der Waals surface area contributed by atoms with Gasteiger partial charge in [0.2, 0.25) is 0 Å². The highest BCUT2D eigenvalue weighted by atomic mass is 16.2. The molecule has 1 rings (SSSR count). The second-order valence-corrected chi connectivity index (χ2v) is 3.48. The zero-order valence-electron chi connectivity index (χ0n) is 8.72. The summed E-state index contributed by atoms with van der Waals surface area (Å²) in [5.41, 5.74) is 0.793. The summed E-state index contributed by atoms with van der Waals surface area (Å²) in [6.45, 7) is 6.94. The Labute approximate surface area is 87.2 Å². The van der Waals surface area contributed by atoms with Crippen molar-refractivity contribution >= 4 is 0 Å². The van der Waals surface area contributed by atoms with Crippen LogP contribution in [0.3, 0.4) is 0 Å². The number of nitrogens with one attached hydrogen (secondary N) is 3. The second-order valence-electron chi connectivity index (χ2n) is 3.48. The number of hydrogen-bond donors (Lipinski definition) is 3. The Kier molecular flexibility index (Phi) is 4.05. The summed E-state index contributed by atoms with van der Waals surface area (Å²) in [7, 11) is 0.